The van der Waals surface area contributed by atoms with Crippen LogP contribution in [0.15, 0.2) is 64.4 Å². The molecule has 1 amide bonds. The molecule has 0 bridgehead atoms. The van der Waals surface area contributed by atoms with E-state index in [1.165, 1.54) is 0 Å². The molecule has 0 saturated carbocycles. The summed E-state index contributed by atoms with van der Waals surface area (Å²) in [5.74, 6) is -0.244. The highest BCUT2D eigenvalue weighted by atomic mass is 32.1. The number of nitrogens with one attached hydrogen (secondary N) is 1. The third-order valence-electron chi connectivity index (χ3n) is 3.98. The molecule has 0 spiro atoms. The van der Waals surface area contributed by atoms with Crippen molar-refractivity contribution in [2.45, 2.75) is 6.92 Å². The molecular weight excluding hydrogens is 362 g/mol. The van der Waals surface area contributed by atoms with Gasteiger partial charge in [-0.15, -0.1) is 22.7 Å². The highest BCUT2D eigenvalue weighted by Gasteiger charge is 2.14. The maximum Gasteiger partial charge on any atom is 0.272 e. The van der Waals surface area contributed by atoms with Crippen molar-refractivity contribution in [1.82, 2.24) is 10.4 Å². The van der Waals surface area contributed by atoms with Crippen LogP contribution in [0.1, 0.15) is 20.8 Å². The maximum atomic E-state index is 12.7. The van der Waals surface area contributed by atoms with E-state index in [9.17, 15) is 4.79 Å². The fraction of sp³-hybridized carbons (Fsp3) is 0.0500. The molecule has 4 nitrogen and oxygen atoms in total. The van der Waals surface area contributed by atoms with E-state index < -0.39 is 0 Å². The topological polar surface area (TPSA) is 54.4 Å². The average molecular weight is 377 g/mol. The minimum Gasteiger partial charge on any atom is -0.267 e. The third-order valence-corrected chi connectivity index (χ3v) is 5.83. The van der Waals surface area contributed by atoms with Crippen LogP contribution in [0.5, 0.6) is 0 Å². The molecule has 0 radical (unpaired) electrons. The van der Waals surface area contributed by atoms with Gasteiger partial charge in [0.1, 0.15) is 0 Å². The van der Waals surface area contributed by atoms with Crippen LogP contribution in [-0.4, -0.2) is 17.1 Å². The molecule has 0 saturated heterocycles. The Kier molecular flexibility index (Phi) is 4.60. The van der Waals surface area contributed by atoms with Crippen LogP contribution in [-0.2, 0) is 0 Å². The molecule has 4 aromatic rings. The Bertz CT molecular complexity index is 1100. The number of hydrogen-bond donors (Lipinski definition) is 1. The van der Waals surface area contributed by atoms with Gasteiger partial charge in [0, 0.05) is 10.3 Å². The van der Waals surface area contributed by atoms with Gasteiger partial charge in [-0.2, -0.15) is 5.10 Å². The molecule has 0 fully saturated rings. The Hall–Kier alpha value is -2.83. The first-order chi connectivity index (χ1) is 12.7. The minimum atomic E-state index is -0.244. The predicted octanol–water partition coefficient (Wildman–Crippen LogP) is 5.10. The number of aryl methyl sites for hydroxylation is 1. The van der Waals surface area contributed by atoms with Gasteiger partial charge in [-0.25, -0.2) is 10.4 Å². The first-order valence-corrected chi connectivity index (χ1v) is 9.79. The van der Waals surface area contributed by atoms with Crippen LogP contribution in [0.25, 0.3) is 21.5 Å². The summed E-state index contributed by atoms with van der Waals surface area (Å²) in [5.41, 5.74) is 5.94. The summed E-state index contributed by atoms with van der Waals surface area (Å²) in [7, 11) is 0. The molecule has 128 valence electrons. The molecule has 0 aliphatic rings. The van der Waals surface area contributed by atoms with Gasteiger partial charge in [0.15, 0.2) is 0 Å². The van der Waals surface area contributed by atoms with Crippen molar-refractivity contribution in [2.75, 3.05) is 0 Å². The summed E-state index contributed by atoms with van der Waals surface area (Å²) in [5, 5.41) is 8.93. The standard InChI is InChI=1S/C20H15N3OS2/c1-13-8-10-26-19(13)12-21-23-20(24)15-11-17(18-7-4-9-25-18)22-16-6-3-2-5-14(15)16/h2-12H,1H3,(H,23,24)/b21-12-. The van der Waals surface area contributed by atoms with Gasteiger partial charge in [-0.1, -0.05) is 24.3 Å². The Balaban J connectivity index is 1.69. The number of para-hydroxylation sites is 1. The Morgan fingerprint density at radius 2 is 2.00 bits per heavy atom. The van der Waals surface area contributed by atoms with Gasteiger partial charge in [-0.3, -0.25) is 4.79 Å². The number of aromatic nitrogens is 1. The van der Waals surface area contributed by atoms with Crippen molar-refractivity contribution >= 4 is 45.7 Å². The zero-order valence-electron chi connectivity index (χ0n) is 14.0. The molecule has 3 aromatic heterocycles. The molecule has 26 heavy (non-hydrogen) atoms. The number of carbonyl (C=O) groups excluding carboxylic acids is 1. The summed E-state index contributed by atoms with van der Waals surface area (Å²) in [6.45, 7) is 2.02. The number of hydrogen-bond acceptors (Lipinski definition) is 5. The lowest BCUT2D eigenvalue weighted by Gasteiger charge is -2.07. The first kappa shape index (κ1) is 16.6. The van der Waals surface area contributed by atoms with E-state index >= 15 is 0 Å². The van der Waals surface area contributed by atoms with E-state index in [-0.39, 0.29) is 5.91 Å². The summed E-state index contributed by atoms with van der Waals surface area (Å²) >= 11 is 3.19. The normalized spacial score (nSPS) is 11.3. The SMILES string of the molecule is Cc1ccsc1/C=N\NC(=O)c1cc(-c2cccs2)nc2ccccc12. The predicted molar refractivity (Wildman–Crippen MR) is 109 cm³/mol. The zero-order valence-corrected chi connectivity index (χ0v) is 15.6. The lowest BCUT2D eigenvalue weighted by molar-refractivity contribution is 0.0957. The van der Waals surface area contributed by atoms with Crippen LogP contribution in [0.2, 0.25) is 0 Å². The summed E-state index contributed by atoms with van der Waals surface area (Å²) in [4.78, 5) is 19.5. The zero-order chi connectivity index (χ0) is 17.9. The van der Waals surface area contributed by atoms with E-state index in [0.29, 0.717) is 5.56 Å². The second-order valence-electron chi connectivity index (χ2n) is 5.72. The fourth-order valence-electron chi connectivity index (χ4n) is 2.64. The number of benzene rings is 1. The number of nitrogens with zero attached hydrogens (tertiary/aromatic N) is 2. The summed E-state index contributed by atoms with van der Waals surface area (Å²) in [6.07, 6.45) is 1.68. The van der Waals surface area contributed by atoms with E-state index in [0.717, 1.165) is 31.9 Å². The number of thiophene rings is 2. The monoisotopic (exact) mass is 377 g/mol. The largest absolute Gasteiger partial charge is 0.272 e. The van der Waals surface area contributed by atoms with Crippen LogP contribution in [0.3, 0.4) is 0 Å². The van der Waals surface area contributed by atoms with Crippen molar-refractivity contribution < 1.29 is 4.79 Å². The van der Waals surface area contributed by atoms with Gasteiger partial charge < -0.3 is 0 Å². The van der Waals surface area contributed by atoms with Gasteiger partial charge in [0.2, 0.25) is 0 Å². The summed E-state index contributed by atoms with van der Waals surface area (Å²) < 4.78 is 0. The molecule has 0 aliphatic carbocycles. The lowest BCUT2D eigenvalue weighted by atomic mass is 10.1. The van der Waals surface area contributed by atoms with E-state index in [1.54, 1.807) is 28.9 Å². The molecule has 4 rings (SSSR count). The number of hydrazone groups is 1. The van der Waals surface area contributed by atoms with Crippen LogP contribution >= 0.6 is 22.7 Å². The number of pyridine rings is 1. The quantitative estimate of drug-likeness (QED) is 0.397. The molecular formula is C20H15N3OS2. The maximum absolute atomic E-state index is 12.7. The van der Waals surface area contributed by atoms with Crippen molar-refractivity contribution in [3.8, 4) is 10.6 Å². The van der Waals surface area contributed by atoms with Crippen molar-refractivity contribution in [2.24, 2.45) is 5.10 Å². The van der Waals surface area contributed by atoms with Crippen LogP contribution < -0.4 is 5.43 Å². The van der Waals surface area contributed by atoms with E-state index in [2.05, 4.69) is 15.5 Å². The lowest BCUT2D eigenvalue weighted by Crippen LogP contribution is -2.18. The van der Waals surface area contributed by atoms with Gasteiger partial charge in [-0.05, 0) is 47.5 Å². The minimum absolute atomic E-state index is 0.244. The average Bonchev–Trinajstić information content (AvgIpc) is 3.33. The number of amides is 1. The Morgan fingerprint density at radius 3 is 2.77 bits per heavy atom. The number of rotatable bonds is 4. The second kappa shape index (κ2) is 7.19. The van der Waals surface area contributed by atoms with Crippen LogP contribution in [0.4, 0.5) is 0 Å². The number of fused-ring (bicyclic) bond motifs is 1. The molecule has 6 heteroatoms. The molecule has 1 aromatic carbocycles. The van der Waals surface area contributed by atoms with Gasteiger partial charge in [0.05, 0.1) is 27.9 Å². The summed E-state index contributed by atoms with van der Waals surface area (Å²) in [6, 6.07) is 15.5. The Morgan fingerprint density at radius 1 is 1.12 bits per heavy atom. The van der Waals surface area contributed by atoms with Crippen molar-refractivity contribution in [3.05, 3.63) is 75.3 Å². The molecule has 0 atom stereocenters. The van der Waals surface area contributed by atoms with E-state index in [4.69, 9.17) is 0 Å². The highest BCUT2D eigenvalue weighted by molar-refractivity contribution is 7.13. The van der Waals surface area contributed by atoms with E-state index in [1.807, 2.05) is 66.2 Å². The van der Waals surface area contributed by atoms with Gasteiger partial charge >= 0.3 is 0 Å². The molecule has 3 heterocycles. The van der Waals surface area contributed by atoms with Crippen molar-refractivity contribution in [3.63, 3.8) is 0 Å². The first-order valence-electron chi connectivity index (χ1n) is 8.03. The number of carbonyl (C=O) groups is 1. The highest BCUT2D eigenvalue weighted by Crippen LogP contribution is 2.27. The molecule has 0 unspecified atom stereocenters. The van der Waals surface area contributed by atoms with Crippen LogP contribution in [0, 0.1) is 6.92 Å². The fourth-order valence-corrected chi connectivity index (χ4v) is 4.11. The molecule has 0 aliphatic heterocycles. The Labute approximate surface area is 158 Å². The smallest absolute Gasteiger partial charge is 0.267 e. The second-order valence-corrected chi connectivity index (χ2v) is 7.61. The molecule has 1 N–H and O–H groups in total. The van der Waals surface area contributed by atoms with Gasteiger partial charge in [0.25, 0.3) is 5.91 Å². The van der Waals surface area contributed by atoms with Crippen molar-refractivity contribution in [1.29, 1.82) is 0 Å². The third kappa shape index (κ3) is 3.29.